The van der Waals surface area contributed by atoms with E-state index in [2.05, 4.69) is 18.7 Å². The highest BCUT2D eigenvalue weighted by molar-refractivity contribution is 5.85. The van der Waals surface area contributed by atoms with Crippen LogP contribution in [-0.4, -0.2) is 24.5 Å². The van der Waals surface area contributed by atoms with Crippen LogP contribution in [0, 0.1) is 5.92 Å². The highest BCUT2D eigenvalue weighted by Gasteiger charge is 2.12. The fourth-order valence-corrected chi connectivity index (χ4v) is 4.91. The average Bonchev–Trinajstić information content (AvgIpc) is 2.71. The van der Waals surface area contributed by atoms with Gasteiger partial charge in [-0.3, -0.25) is 0 Å². The van der Waals surface area contributed by atoms with E-state index >= 15 is 0 Å². The lowest BCUT2D eigenvalue weighted by atomic mass is 9.85. The minimum Gasteiger partial charge on any atom is -0.304 e. The summed E-state index contributed by atoms with van der Waals surface area (Å²) < 4.78 is 0. The first-order valence-electron chi connectivity index (χ1n) is 13.1. The van der Waals surface area contributed by atoms with Crippen molar-refractivity contribution in [1.82, 2.24) is 4.90 Å². The zero-order chi connectivity index (χ0) is 19.4. The van der Waals surface area contributed by atoms with E-state index in [0.717, 1.165) is 5.92 Å². The normalized spacial score (nSPS) is 15.1. The summed E-state index contributed by atoms with van der Waals surface area (Å²) in [7, 11) is 0. The van der Waals surface area contributed by atoms with Gasteiger partial charge in [0, 0.05) is 0 Å². The molecule has 1 aliphatic rings. The Hall–Kier alpha value is 0.250. The van der Waals surface area contributed by atoms with Crippen LogP contribution in [0.3, 0.4) is 0 Å². The van der Waals surface area contributed by atoms with Crippen molar-refractivity contribution in [1.29, 1.82) is 0 Å². The molecule has 2 heteroatoms. The molecule has 0 aliphatic heterocycles. The standard InChI is InChI=1S/C26H53N.ClH/c1-3-27(4-2)25-21-16-14-12-10-8-6-5-7-9-11-13-15-18-22-26-23-19-17-20-24-26;/h26H,3-25H2,1-2H3;1H. The summed E-state index contributed by atoms with van der Waals surface area (Å²) >= 11 is 0. The van der Waals surface area contributed by atoms with Gasteiger partial charge in [0.1, 0.15) is 0 Å². The minimum absolute atomic E-state index is 0. The van der Waals surface area contributed by atoms with Crippen molar-refractivity contribution in [3.05, 3.63) is 0 Å². The van der Waals surface area contributed by atoms with Gasteiger partial charge in [0.25, 0.3) is 0 Å². The molecule has 0 spiro atoms. The second-order valence-electron chi connectivity index (χ2n) is 9.27. The lowest BCUT2D eigenvalue weighted by Crippen LogP contribution is -2.23. The number of nitrogens with zero attached hydrogens (tertiary/aromatic N) is 1. The van der Waals surface area contributed by atoms with Gasteiger partial charge in [-0.1, -0.05) is 136 Å². The van der Waals surface area contributed by atoms with Crippen LogP contribution in [0.1, 0.15) is 142 Å². The largest absolute Gasteiger partial charge is 0.304 e. The maximum absolute atomic E-state index is 2.55. The van der Waals surface area contributed by atoms with Crippen molar-refractivity contribution in [3.8, 4) is 0 Å². The smallest absolute Gasteiger partial charge is 0.00190 e. The molecule has 0 aromatic carbocycles. The molecule has 0 aromatic rings. The second kappa shape index (κ2) is 21.9. The van der Waals surface area contributed by atoms with E-state index in [-0.39, 0.29) is 12.4 Å². The lowest BCUT2D eigenvalue weighted by Gasteiger charge is -2.21. The minimum atomic E-state index is 0. The second-order valence-corrected chi connectivity index (χ2v) is 9.27. The predicted octanol–water partition coefficient (Wildman–Crippen LogP) is 9.18. The molecule has 0 amide bonds. The number of unbranched alkanes of at least 4 members (excludes halogenated alkanes) is 13. The Kier molecular flexibility index (Phi) is 22.1. The van der Waals surface area contributed by atoms with Crippen molar-refractivity contribution in [3.63, 3.8) is 0 Å². The van der Waals surface area contributed by atoms with Crippen LogP contribution in [0.25, 0.3) is 0 Å². The molecule has 1 saturated carbocycles. The van der Waals surface area contributed by atoms with Gasteiger partial charge < -0.3 is 4.90 Å². The lowest BCUT2D eigenvalue weighted by molar-refractivity contribution is 0.295. The van der Waals surface area contributed by atoms with E-state index < -0.39 is 0 Å². The fraction of sp³-hybridized carbons (Fsp3) is 1.00. The zero-order valence-electron chi connectivity index (χ0n) is 19.7. The van der Waals surface area contributed by atoms with Gasteiger partial charge in [-0.05, 0) is 32.0 Å². The predicted molar refractivity (Wildman–Crippen MR) is 131 cm³/mol. The Labute approximate surface area is 185 Å². The molecule has 0 bridgehead atoms. The molecule has 28 heavy (non-hydrogen) atoms. The first-order chi connectivity index (χ1) is 13.4. The topological polar surface area (TPSA) is 3.24 Å². The molecule has 1 fully saturated rings. The first kappa shape index (κ1) is 28.2. The molecule has 0 radical (unpaired) electrons. The van der Waals surface area contributed by atoms with Gasteiger partial charge >= 0.3 is 0 Å². The number of rotatable bonds is 19. The van der Waals surface area contributed by atoms with Crippen molar-refractivity contribution in [2.75, 3.05) is 19.6 Å². The Bertz CT molecular complexity index is 284. The van der Waals surface area contributed by atoms with Gasteiger partial charge in [0.2, 0.25) is 0 Å². The summed E-state index contributed by atoms with van der Waals surface area (Å²) in [5, 5.41) is 0. The van der Waals surface area contributed by atoms with Gasteiger partial charge in [-0.15, -0.1) is 12.4 Å². The summed E-state index contributed by atoms with van der Waals surface area (Å²) in [4.78, 5) is 2.55. The number of hydrogen-bond acceptors (Lipinski definition) is 1. The summed E-state index contributed by atoms with van der Waals surface area (Å²) in [5.74, 6) is 1.10. The molecule has 0 heterocycles. The van der Waals surface area contributed by atoms with Crippen LogP contribution in [-0.2, 0) is 0 Å². The third-order valence-electron chi connectivity index (χ3n) is 6.96. The van der Waals surface area contributed by atoms with Gasteiger partial charge in [0.15, 0.2) is 0 Å². The van der Waals surface area contributed by atoms with Crippen LogP contribution >= 0.6 is 12.4 Å². The van der Waals surface area contributed by atoms with Crippen LogP contribution in [0.5, 0.6) is 0 Å². The third-order valence-corrected chi connectivity index (χ3v) is 6.96. The molecule has 0 N–H and O–H groups in total. The Morgan fingerprint density at radius 3 is 1.36 bits per heavy atom. The van der Waals surface area contributed by atoms with E-state index in [1.165, 1.54) is 148 Å². The van der Waals surface area contributed by atoms with Gasteiger partial charge in [0.05, 0.1) is 0 Å². The van der Waals surface area contributed by atoms with Gasteiger partial charge in [-0.25, -0.2) is 0 Å². The van der Waals surface area contributed by atoms with Gasteiger partial charge in [-0.2, -0.15) is 0 Å². The molecule has 170 valence electrons. The third kappa shape index (κ3) is 17.1. The molecule has 1 rings (SSSR count). The van der Waals surface area contributed by atoms with E-state index in [9.17, 15) is 0 Å². The average molecular weight is 416 g/mol. The molecule has 1 aliphatic carbocycles. The zero-order valence-corrected chi connectivity index (χ0v) is 20.5. The van der Waals surface area contributed by atoms with Crippen LogP contribution in [0.2, 0.25) is 0 Å². The Morgan fingerprint density at radius 1 is 0.536 bits per heavy atom. The summed E-state index contributed by atoms with van der Waals surface area (Å²) in [6, 6.07) is 0. The SMILES string of the molecule is CCN(CC)CCCCCCCCCCCCCCCCC1CCCCC1.Cl. The molecular formula is C26H54ClN. The monoisotopic (exact) mass is 415 g/mol. The van der Waals surface area contributed by atoms with Crippen LogP contribution < -0.4 is 0 Å². The molecular weight excluding hydrogens is 362 g/mol. The van der Waals surface area contributed by atoms with Crippen molar-refractivity contribution in [2.45, 2.75) is 142 Å². The first-order valence-corrected chi connectivity index (χ1v) is 13.1. The van der Waals surface area contributed by atoms with Crippen molar-refractivity contribution < 1.29 is 0 Å². The molecule has 0 aromatic heterocycles. The van der Waals surface area contributed by atoms with E-state index in [1.807, 2.05) is 0 Å². The maximum atomic E-state index is 2.55. The van der Waals surface area contributed by atoms with E-state index in [0.29, 0.717) is 0 Å². The Balaban J connectivity index is 0.00000729. The van der Waals surface area contributed by atoms with Crippen molar-refractivity contribution >= 4 is 12.4 Å². The number of hydrogen-bond donors (Lipinski definition) is 0. The van der Waals surface area contributed by atoms with E-state index in [1.54, 1.807) is 0 Å². The van der Waals surface area contributed by atoms with Crippen LogP contribution in [0.4, 0.5) is 0 Å². The highest BCUT2D eigenvalue weighted by Crippen LogP contribution is 2.28. The summed E-state index contributed by atoms with van der Waals surface area (Å²) in [5.41, 5.74) is 0. The quantitative estimate of drug-likeness (QED) is 0.190. The fourth-order valence-electron chi connectivity index (χ4n) is 4.91. The Morgan fingerprint density at radius 2 is 0.929 bits per heavy atom. The highest BCUT2D eigenvalue weighted by atomic mass is 35.5. The van der Waals surface area contributed by atoms with E-state index in [4.69, 9.17) is 0 Å². The summed E-state index contributed by atoms with van der Waals surface area (Å²) in [6.07, 6.45) is 29.9. The maximum Gasteiger partial charge on any atom is -0.00190 e. The van der Waals surface area contributed by atoms with Crippen LogP contribution in [0.15, 0.2) is 0 Å². The molecule has 0 unspecified atom stereocenters. The number of halogens is 1. The molecule has 1 nitrogen and oxygen atoms in total. The molecule has 0 atom stereocenters. The summed E-state index contributed by atoms with van der Waals surface area (Å²) in [6.45, 7) is 8.31. The van der Waals surface area contributed by atoms with Crippen molar-refractivity contribution in [2.24, 2.45) is 5.92 Å². The molecule has 0 saturated heterocycles.